The van der Waals surface area contributed by atoms with Crippen LogP contribution in [0.2, 0.25) is 5.02 Å². The highest BCUT2D eigenvalue weighted by atomic mass is 35.5. The van der Waals surface area contributed by atoms with Crippen LogP contribution in [0.5, 0.6) is 0 Å². The summed E-state index contributed by atoms with van der Waals surface area (Å²) in [5, 5.41) is 16.2. The molecule has 3 aromatic rings. The van der Waals surface area contributed by atoms with Crippen LogP contribution in [0.15, 0.2) is 48.8 Å². The van der Waals surface area contributed by atoms with E-state index in [1.165, 1.54) is 0 Å². The van der Waals surface area contributed by atoms with Crippen molar-refractivity contribution in [2.75, 3.05) is 31.6 Å². The number of piperidine rings is 1. The van der Waals surface area contributed by atoms with E-state index in [9.17, 15) is 9.90 Å². The number of aromatic nitrogens is 2. The van der Waals surface area contributed by atoms with E-state index in [0.29, 0.717) is 24.9 Å². The lowest BCUT2D eigenvalue weighted by molar-refractivity contribution is -0.117. The summed E-state index contributed by atoms with van der Waals surface area (Å²) in [6, 6.07) is 11.9. The molecule has 2 aromatic heterocycles. The van der Waals surface area contributed by atoms with Gasteiger partial charge in [-0.05, 0) is 86.0 Å². The maximum atomic E-state index is 13.0. The Bertz CT molecular complexity index is 1310. The number of rotatable bonds is 5. The smallest absolute Gasteiger partial charge is 0.229 e. The minimum absolute atomic E-state index is 0.0110. The maximum Gasteiger partial charge on any atom is 0.229 e. The summed E-state index contributed by atoms with van der Waals surface area (Å²) in [6.07, 6.45) is 5.04. The molecule has 1 aromatic carbocycles. The molecule has 4 heterocycles. The van der Waals surface area contributed by atoms with Crippen molar-refractivity contribution in [3.63, 3.8) is 0 Å². The average molecular weight is 521 g/mol. The van der Waals surface area contributed by atoms with Gasteiger partial charge >= 0.3 is 0 Å². The Morgan fingerprint density at radius 1 is 1.19 bits per heavy atom. The summed E-state index contributed by atoms with van der Waals surface area (Å²) in [4.78, 5) is 24.3. The van der Waals surface area contributed by atoms with Crippen LogP contribution in [-0.4, -0.2) is 63.8 Å². The lowest BCUT2D eigenvalue weighted by Gasteiger charge is -2.43. The molecule has 0 bridgehead atoms. The number of anilines is 1. The first kappa shape index (κ1) is 24.7. The molecule has 3 fully saturated rings. The third kappa shape index (κ3) is 4.52. The number of amides is 1. The Kier molecular flexibility index (Phi) is 6.43. The van der Waals surface area contributed by atoms with Crippen LogP contribution >= 0.6 is 11.6 Å². The molecule has 1 aliphatic carbocycles. The van der Waals surface area contributed by atoms with E-state index < -0.39 is 6.10 Å². The first-order chi connectivity index (χ1) is 17.8. The monoisotopic (exact) mass is 520 g/mol. The van der Waals surface area contributed by atoms with E-state index >= 15 is 0 Å². The number of carbonyl (C=O) groups is 1. The average Bonchev–Trinajstić information content (AvgIpc) is 3.47. The Morgan fingerprint density at radius 2 is 2.00 bits per heavy atom. The third-order valence-electron chi connectivity index (χ3n) is 8.84. The van der Waals surface area contributed by atoms with E-state index in [1.54, 1.807) is 12.4 Å². The summed E-state index contributed by atoms with van der Waals surface area (Å²) < 4.78 is 5.54. The summed E-state index contributed by atoms with van der Waals surface area (Å²) in [7, 11) is 0. The zero-order valence-corrected chi connectivity index (χ0v) is 22.0. The largest absolute Gasteiger partial charge is 0.389 e. The number of benzene rings is 1. The van der Waals surface area contributed by atoms with Crippen molar-refractivity contribution in [2.24, 2.45) is 11.8 Å². The maximum absolute atomic E-state index is 13.0. The summed E-state index contributed by atoms with van der Waals surface area (Å²) in [6.45, 7) is 6.95. The van der Waals surface area contributed by atoms with Gasteiger partial charge in [0.25, 0.3) is 0 Å². The fourth-order valence-electron chi connectivity index (χ4n) is 6.32. The van der Waals surface area contributed by atoms with Crippen molar-refractivity contribution >= 4 is 34.1 Å². The summed E-state index contributed by atoms with van der Waals surface area (Å²) in [5.41, 5.74) is 1.79. The van der Waals surface area contributed by atoms with Gasteiger partial charge in [-0.1, -0.05) is 24.6 Å². The van der Waals surface area contributed by atoms with Crippen LogP contribution in [0.1, 0.15) is 49.8 Å². The van der Waals surface area contributed by atoms with Crippen LogP contribution in [0.3, 0.4) is 0 Å². The number of aliphatic hydroxyl groups excluding tert-OH is 1. The van der Waals surface area contributed by atoms with E-state index in [2.05, 4.69) is 40.1 Å². The Morgan fingerprint density at radius 3 is 2.70 bits per heavy atom. The van der Waals surface area contributed by atoms with Crippen LogP contribution in [0.25, 0.3) is 10.8 Å². The number of hydrogen-bond acceptors (Lipinski definition) is 6. The minimum Gasteiger partial charge on any atom is -0.389 e. The molecule has 5 atom stereocenters. The number of pyridine rings is 2. The Balaban J connectivity index is 1.16. The second-order valence-corrected chi connectivity index (χ2v) is 11.5. The molecule has 0 unspecified atom stereocenters. The zero-order chi connectivity index (χ0) is 25.7. The number of carbonyl (C=O) groups excluding carboxylic acids is 1. The van der Waals surface area contributed by atoms with Crippen LogP contribution in [0, 0.1) is 11.8 Å². The van der Waals surface area contributed by atoms with Gasteiger partial charge in [-0.2, -0.15) is 0 Å². The van der Waals surface area contributed by atoms with E-state index in [-0.39, 0.29) is 29.2 Å². The molecule has 0 spiro atoms. The first-order valence-corrected chi connectivity index (χ1v) is 13.5. The van der Waals surface area contributed by atoms with Gasteiger partial charge in [-0.15, -0.1) is 0 Å². The number of nitrogens with one attached hydrogen (secondary N) is 1. The molecule has 1 amide bonds. The van der Waals surface area contributed by atoms with E-state index in [4.69, 9.17) is 16.3 Å². The molecule has 1 saturated carbocycles. The normalized spacial score (nSPS) is 30.5. The predicted molar refractivity (Wildman–Crippen MR) is 144 cm³/mol. The molecule has 8 heteroatoms. The first-order valence-electron chi connectivity index (χ1n) is 13.2. The summed E-state index contributed by atoms with van der Waals surface area (Å²) >= 11 is 6.74. The number of likely N-dealkylation sites (tertiary alicyclic amines) is 1. The lowest BCUT2D eigenvalue weighted by atomic mass is 9.85. The molecule has 2 aliphatic heterocycles. The SMILES string of the molecule is C[C@H]1[C@H](C(=O)Nc2cc3cc(C4CCN([C@]5(C)COC[C@@H]5O)CC4)c(Cl)cc3cn2)[C@@H]1c1ccccn1. The number of halogens is 1. The highest BCUT2D eigenvalue weighted by Gasteiger charge is 2.53. The highest BCUT2D eigenvalue weighted by Crippen LogP contribution is 2.53. The molecule has 7 nitrogen and oxygen atoms in total. The second kappa shape index (κ2) is 9.62. The van der Waals surface area contributed by atoms with E-state index in [1.807, 2.05) is 30.3 Å². The van der Waals surface area contributed by atoms with Gasteiger partial charge in [0.15, 0.2) is 0 Å². The minimum atomic E-state index is -0.452. The molecule has 2 N–H and O–H groups in total. The van der Waals surface area contributed by atoms with Gasteiger partial charge in [0, 0.05) is 34.4 Å². The molecule has 6 rings (SSSR count). The number of nitrogens with zero attached hydrogens (tertiary/aromatic N) is 3. The van der Waals surface area contributed by atoms with Gasteiger partial charge in [0.2, 0.25) is 5.91 Å². The van der Waals surface area contributed by atoms with Crippen molar-refractivity contribution in [1.82, 2.24) is 14.9 Å². The molecule has 0 radical (unpaired) electrons. The van der Waals surface area contributed by atoms with Crippen molar-refractivity contribution in [3.05, 3.63) is 65.1 Å². The van der Waals surface area contributed by atoms with Gasteiger partial charge in [0.1, 0.15) is 5.82 Å². The van der Waals surface area contributed by atoms with Crippen LogP contribution < -0.4 is 5.32 Å². The standard InChI is InChI=1S/C29H33ClN4O3/c1-17-26(23-5-3-4-8-31-23)27(17)28(36)33-25-13-19-11-21(22(30)12-20(19)14-32-25)18-6-9-34(10-7-18)29(2)16-37-15-24(29)35/h3-5,8,11-14,17-18,24,26-27,35H,6-7,9-10,15-16H2,1-2H3,(H,32,33,36)/t17-,24+,26+,27+,29-/m1/s1. The van der Waals surface area contributed by atoms with Gasteiger partial charge in [-0.3, -0.25) is 14.7 Å². The Hall–Kier alpha value is -2.58. The molecule has 2 saturated heterocycles. The van der Waals surface area contributed by atoms with Gasteiger partial charge < -0.3 is 15.2 Å². The van der Waals surface area contributed by atoms with Gasteiger partial charge in [-0.25, -0.2) is 4.98 Å². The Labute approximate surface area is 222 Å². The molecular formula is C29H33ClN4O3. The zero-order valence-electron chi connectivity index (χ0n) is 21.2. The second-order valence-electron chi connectivity index (χ2n) is 11.1. The fourth-order valence-corrected chi connectivity index (χ4v) is 6.65. The predicted octanol–water partition coefficient (Wildman–Crippen LogP) is 4.60. The third-order valence-corrected chi connectivity index (χ3v) is 9.17. The summed E-state index contributed by atoms with van der Waals surface area (Å²) in [5.74, 6) is 1.20. The number of hydrogen-bond donors (Lipinski definition) is 2. The molecule has 194 valence electrons. The number of fused-ring (bicyclic) bond motifs is 1. The van der Waals surface area contributed by atoms with Gasteiger partial charge in [0.05, 0.1) is 30.8 Å². The number of aliphatic hydroxyl groups is 1. The topological polar surface area (TPSA) is 87.6 Å². The fraction of sp³-hybridized carbons (Fsp3) is 0.483. The van der Waals surface area contributed by atoms with Crippen molar-refractivity contribution in [3.8, 4) is 0 Å². The van der Waals surface area contributed by atoms with E-state index in [0.717, 1.165) is 53.0 Å². The highest BCUT2D eigenvalue weighted by molar-refractivity contribution is 6.32. The quantitative estimate of drug-likeness (QED) is 0.511. The lowest BCUT2D eigenvalue weighted by Crippen LogP contribution is -2.56. The van der Waals surface area contributed by atoms with Crippen molar-refractivity contribution in [2.45, 2.75) is 50.2 Å². The van der Waals surface area contributed by atoms with Crippen molar-refractivity contribution < 1.29 is 14.6 Å². The van der Waals surface area contributed by atoms with Crippen LogP contribution in [-0.2, 0) is 9.53 Å². The molecular weight excluding hydrogens is 488 g/mol. The van der Waals surface area contributed by atoms with Crippen molar-refractivity contribution in [1.29, 1.82) is 0 Å². The van der Waals surface area contributed by atoms with Crippen LogP contribution in [0.4, 0.5) is 5.82 Å². The molecule has 37 heavy (non-hydrogen) atoms. The molecule has 3 aliphatic rings. The number of ether oxygens (including phenoxy) is 1.